The average Bonchev–Trinajstić information content (AvgIpc) is 3.02. The van der Waals surface area contributed by atoms with Gasteiger partial charge in [0, 0.05) is 12.1 Å². The molecule has 0 amide bonds. The van der Waals surface area contributed by atoms with Crippen molar-refractivity contribution in [2.24, 2.45) is 0 Å². The van der Waals surface area contributed by atoms with Crippen LogP contribution >= 0.6 is 0 Å². The Balaban J connectivity index is 2.07. The van der Waals surface area contributed by atoms with Gasteiger partial charge in [-0.1, -0.05) is 36.4 Å². The van der Waals surface area contributed by atoms with Crippen LogP contribution in [0.1, 0.15) is 11.1 Å². The maximum absolute atomic E-state index is 2.28. The van der Waals surface area contributed by atoms with Crippen LogP contribution in [0.15, 0.2) is 73.1 Å². The van der Waals surface area contributed by atoms with Crippen LogP contribution in [-0.2, 0) is 12.8 Å². The summed E-state index contributed by atoms with van der Waals surface area (Å²) in [4.78, 5) is 0. The van der Waals surface area contributed by atoms with Gasteiger partial charge < -0.3 is 0 Å². The van der Waals surface area contributed by atoms with Gasteiger partial charge in [-0.05, 0) is 46.9 Å². The highest BCUT2D eigenvalue weighted by Gasteiger charge is 2.24. The molecule has 1 nitrogen and oxygen atoms in total. The minimum Gasteiger partial charge on any atom is -0.166 e. The summed E-state index contributed by atoms with van der Waals surface area (Å²) in [5.41, 5.74) is 4.33. The lowest BCUT2D eigenvalue weighted by Gasteiger charge is -2.10. The van der Waals surface area contributed by atoms with Gasteiger partial charge in [0.05, 0.1) is 10.8 Å². The lowest BCUT2D eigenvalue weighted by molar-refractivity contribution is -0.592. The van der Waals surface area contributed by atoms with Gasteiger partial charge in [0.15, 0.2) is 12.4 Å². The highest BCUT2D eigenvalue weighted by atomic mass is 14.9. The predicted octanol–water partition coefficient (Wildman–Crippen LogP) is 4.37. The number of fused-ring (bicyclic) bond motifs is 2. The van der Waals surface area contributed by atoms with Crippen molar-refractivity contribution in [3.8, 4) is 5.69 Å². The topological polar surface area (TPSA) is 3.88 Å². The molecule has 104 valence electrons. The van der Waals surface area contributed by atoms with Crippen LogP contribution in [0.2, 0.25) is 0 Å². The molecule has 0 aliphatic heterocycles. The average molecular weight is 282 g/mol. The van der Waals surface area contributed by atoms with E-state index in [1.165, 1.54) is 44.8 Å². The molecule has 1 aliphatic rings. The maximum atomic E-state index is 2.28. The summed E-state index contributed by atoms with van der Waals surface area (Å²) in [6.45, 7) is 0. The number of hydrogen-bond donors (Lipinski definition) is 0. The molecule has 0 bridgehead atoms. The van der Waals surface area contributed by atoms with Crippen LogP contribution < -0.4 is 4.57 Å². The number of nitrogens with zero attached hydrogens (tertiary/aromatic N) is 1. The van der Waals surface area contributed by atoms with Gasteiger partial charge in [0.1, 0.15) is 0 Å². The van der Waals surface area contributed by atoms with Crippen LogP contribution in [-0.4, -0.2) is 0 Å². The number of benzene rings is 3. The Kier molecular flexibility index (Phi) is 2.39. The van der Waals surface area contributed by atoms with E-state index in [1.54, 1.807) is 0 Å². The molecular weight excluding hydrogens is 266 g/mol. The number of rotatable bonds is 1. The van der Waals surface area contributed by atoms with Crippen molar-refractivity contribution in [2.45, 2.75) is 12.8 Å². The van der Waals surface area contributed by atoms with Gasteiger partial charge >= 0.3 is 0 Å². The zero-order chi connectivity index (χ0) is 14.5. The first-order valence-electron chi connectivity index (χ1n) is 7.85. The van der Waals surface area contributed by atoms with E-state index in [4.69, 9.17) is 0 Å². The van der Waals surface area contributed by atoms with Crippen molar-refractivity contribution >= 4 is 21.5 Å². The third-order valence-corrected chi connectivity index (χ3v) is 4.83. The van der Waals surface area contributed by atoms with E-state index in [-0.39, 0.29) is 0 Å². The third kappa shape index (κ3) is 1.51. The maximum Gasteiger partial charge on any atom is 0.226 e. The van der Waals surface area contributed by atoms with Crippen molar-refractivity contribution < 1.29 is 4.57 Å². The molecule has 0 radical (unpaired) electrons. The Morgan fingerprint density at radius 3 is 2.27 bits per heavy atom. The fraction of sp³-hybridized carbons (Fsp3) is 0.0952. The summed E-state index contributed by atoms with van der Waals surface area (Å²) in [5, 5.41) is 5.61. The van der Waals surface area contributed by atoms with Crippen molar-refractivity contribution in [2.75, 3.05) is 0 Å². The van der Waals surface area contributed by atoms with Crippen LogP contribution in [0.3, 0.4) is 0 Å². The molecule has 0 atom stereocenters. The fourth-order valence-corrected chi connectivity index (χ4v) is 3.94. The van der Waals surface area contributed by atoms with E-state index < -0.39 is 0 Å². The molecule has 22 heavy (non-hydrogen) atoms. The molecule has 1 heteroatoms. The third-order valence-electron chi connectivity index (χ3n) is 4.83. The minimum atomic E-state index is 1.16. The Hall–Kier alpha value is -2.67. The SMILES string of the molecule is c1cc[n+](-c2c3ccccc3c3c4c(cccc24)CC3)cc1. The van der Waals surface area contributed by atoms with Gasteiger partial charge in [0.25, 0.3) is 0 Å². The first-order valence-corrected chi connectivity index (χ1v) is 7.85. The smallest absolute Gasteiger partial charge is 0.166 e. The first kappa shape index (κ1) is 11.9. The monoisotopic (exact) mass is 282 g/mol. The molecule has 0 N–H and O–H groups in total. The second-order valence-corrected chi connectivity index (χ2v) is 6.00. The molecule has 0 fully saturated rings. The van der Waals surface area contributed by atoms with E-state index in [2.05, 4.69) is 77.6 Å². The summed E-state index contributed by atoms with van der Waals surface area (Å²) in [5.74, 6) is 0. The van der Waals surface area contributed by atoms with Crippen molar-refractivity contribution in [1.29, 1.82) is 0 Å². The van der Waals surface area contributed by atoms with E-state index in [0.29, 0.717) is 0 Å². The van der Waals surface area contributed by atoms with Crippen LogP contribution in [0.4, 0.5) is 0 Å². The van der Waals surface area contributed by atoms with Crippen molar-refractivity contribution in [1.82, 2.24) is 0 Å². The Labute approximate surface area is 129 Å². The van der Waals surface area contributed by atoms with Crippen molar-refractivity contribution in [3.63, 3.8) is 0 Å². The quantitative estimate of drug-likeness (QED) is 0.360. The van der Waals surface area contributed by atoms with Gasteiger partial charge in [-0.3, -0.25) is 0 Å². The standard InChI is InChI=1S/C21H16N/c1-4-13-22(14-5-1)21-18-9-3-2-8-16(18)17-12-11-15-7-6-10-19(21)20(15)17/h1-10,13-14H,11-12H2/q+1. The summed E-state index contributed by atoms with van der Waals surface area (Å²) >= 11 is 0. The molecular formula is C21H16N+. The van der Waals surface area contributed by atoms with Crippen LogP contribution in [0.5, 0.6) is 0 Å². The molecule has 1 heterocycles. The van der Waals surface area contributed by atoms with Gasteiger partial charge in [0.2, 0.25) is 5.69 Å². The molecule has 4 aromatic rings. The minimum absolute atomic E-state index is 1.16. The fourth-order valence-electron chi connectivity index (χ4n) is 3.94. The van der Waals surface area contributed by atoms with E-state index >= 15 is 0 Å². The number of aromatic nitrogens is 1. The van der Waals surface area contributed by atoms with E-state index in [9.17, 15) is 0 Å². The predicted molar refractivity (Wildman–Crippen MR) is 90.4 cm³/mol. The molecule has 0 unspecified atom stereocenters. The van der Waals surface area contributed by atoms with Crippen molar-refractivity contribution in [3.05, 3.63) is 84.2 Å². The highest BCUT2D eigenvalue weighted by Crippen LogP contribution is 2.39. The highest BCUT2D eigenvalue weighted by molar-refractivity contribution is 6.10. The second-order valence-electron chi connectivity index (χ2n) is 6.00. The first-order chi connectivity index (χ1) is 10.9. The van der Waals surface area contributed by atoms with E-state index in [0.717, 1.165) is 6.42 Å². The largest absolute Gasteiger partial charge is 0.226 e. The molecule has 5 rings (SSSR count). The molecule has 0 spiro atoms. The van der Waals surface area contributed by atoms with Gasteiger partial charge in [-0.2, -0.15) is 4.57 Å². The lowest BCUT2D eigenvalue weighted by Crippen LogP contribution is -2.29. The second kappa shape index (κ2) is 4.41. The molecule has 0 saturated carbocycles. The molecule has 1 aromatic heterocycles. The summed E-state index contributed by atoms with van der Waals surface area (Å²) in [6, 6.07) is 21.9. The Morgan fingerprint density at radius 1 is 0.636 bits per heavy atom. The number of aryl methyl sites for hydroxylation is 2. The van der Waals surface area contributed by atoms with E-state index in [1.807, 2.05) is 0 Å². The zero-order valence-corrected chi connectivity index (χ0v) is 12.3. The number of hydrogen-bond acceptors (Lipinski definition) is 0. The molecule has 0 saturated heterocycles. The van der Waals surface area contributed by atoms with Crippen LogP contribution in [0, 0.1) is 0 Å². The van der Waals surface area contributed by atoms with Gasteiger partial charge in [-0.15, -0.1) is 0 Å². The number of pyridine rings is 1. The summed E-state index contributed by atoms with van der Waals surface area (Å²) < 4.78 is 2.25. The molecule has 3 aromatic carbocycles. The normalized spacial score (nSPS) is 13.1. The molecule has 1 aliphatic carbocycles. The Morgan fingerprint density at radius 2 is 1.41 bits per heavy atom. The van der Waals surface area contributed by atoms with Gasteiger partial charge in [-0.25, -0.2) is 0 Å². The van der Waals surface area contributed by atoms with Crippen LogP contribution in [0.25, 0.3) is 27.2 Å². The Bertz CT molecular complexity index is 1020. The summed E-state index contributed by atoms with van der Waals surface area (Å²) in [6.07, 6.45) is 6.62. The summed E-state index contributed by atoms with van der Waals surface area (Å²) in [7, 11) is 0. The lowest BCUT2D eigenvalue weighted by atomic mass is 9.95. The zero-order valence-electron chi connectivity index (χ0n) is 12.3.